The molecule has 1 aliphatic carbocycles. The minimum Gasteiger partial charge on any atom is -0.492 e. The summed E-state index contributed by atoms with van der Waals surface area (Å²) in [6, 6.07) is 0. The van der Waals surface area contributed by atoms with Gasteiger partial charge in [0.15, 0.2) is 17.3 Å². The lowest BCUT2D eigenvalue weighted by Crippen LogP contribution is -2.06. The summed E-state index contributed by atoms with van der Waals surface area (Å²) in [5, 5.41) is 0. The smallest absolute Gasteiger partial charge is 0.230 e. The number of rotatable bonds is 5. The van der Waals surface area contributed by atoms with Crippen molar-refractivity contribution >= 4 is 17.7 Å². The molecule has 0 aromatic carbocycles. The summed E-state index contributed by atoms with van der Waals surface area (Å²) in [4.78, 5) is 9.01. The third-order valence-electron chi connectivity index (χ3n) is 4.31. The average molecular weight is 361 g/mol. The highest BCUT2D eigenvalue weighted by Crippen LogP contribution is 2.38. The second-order valence-electron chi connectivity index (χ2n) is 5.75. The highest BCUT2D eigenvalue weighted by Gasteiger charge is 2.30. The van der Waals surface area contributed by atoms with Crippen LogP contribution in [0.4, 0.5) is 0 Å². The van der Waals surface area contributed by atoms with Gasteiger partial charge < -0.3 is 18.9 Å². The topological polar surface area (TPSA) is 67.6 Å². The van der Waals surface area contributed by atoms with Crippen LogP contribution in [-0.2, 0) is 21.6 Å². The first-order valence-corrected chi connectivity index (χ1v) is 8.92. The highest BCUT2D eigenvalue weighted by atomic mass is 32.2. The Morgan fingerprint density at radius 3 is 2.80 bits per heavy atom. The largest absolute Gasteiger partial charge is 0.492 e. The summed E-state index contributed by atoms with van der Waals surface area (Å²) in [7, 11) is 3.28. The molecule has 2 aliphatic rings. The van der Waals surface area contributed by atoms with E-state index in [4.69, 9.17) is 18.9 Å². The van der Waals surface area contributed by atoms with Crippen molar-refractivity contribution in [2.24, 2.45) is 0 Å². The van der Waals surface area contributed by atoms with Gasteiger partial charge in [-0.1, -0.05) is 0 Å². The Bertz CT molecular complexity index is 847. The van der Waals surface area contributed by atoms with E-state index in [-0.39, 0.29) is 6.79 Å². The van der Waals surface area contributed by atoms with E-state index in [0.717, 1.165) is 52.8 Å². The zero-order valence-electron chi connectivity index (χ0n) is 14.4. The summed E-state index contributed by atoms with van der Waals surface area (Å²) in [6.45, 7) is 2.24. The van der Waals surface area contributed by atoms with Gasteiger partial charge in [-0.2, -0.15) is 0 Å². The molecular formula is C17H19N3O4S. The van der Waals surface area contributed by atoms with Crippen LogP contribution in [0.15, 0.2) is 18.3 Å². The zero-order chi connectivity index (χ0) is 17.4. The number of aryl methyl sites for hydroxylation is 1. The minimum atomic E-state index is 0.286. The van der Waals surface area contributed by atoms with Crippen LogP contribution in [0.2, 0.25) is 0 Å². The standard InChI is InChI=1S/C17H19N3O4S/c1-10-6-18-11(16(22-3)15(10)21-2)7-25-20-8-19-14-12(20)4-5-13-17(14)24-9-23-13/h6,8H,4-5,7,9H2,1-3H3. The Balaban J connectivity index is 1.58. The molecule has 0 saturated carbocycles. The molecule has 0 amide bonds. The molecule has 1 aliphatic heterocycles. The molecule has 0 fully saturated rings. The van der Waals surface area contributed by atoms with E-state index >= 15 is 0 Å². The first-order valence-electron chi connectivity index (χ1n) is 7.98. The monoisotopic (exact) mass is 361 g/mol. The molecule has 0 atom stereocenters. The van der Waals surface area contributed by atoms with Gasteiger partial charge in [0.1, 0.15) is 17.8 Å². The number of fused-ring (bicyclic) bond motifs is 2. The molecule has 2 aromatic rings. The maximum atomic E-state index is 5.56. The molecule has 4 rings (SSSR count). The number of ether oxygens (including phenoxy) is 4. The molecule has 0 bridgehead atoms. The SMILES string of the molecule is COc1c(C)cnc(CSn2cnc3c2CCC2=C3OCO2)c1OC. The average Bonchev–Trinajstić information content (AvgIpc) is 3.26. The van der Waals surface area contributed by atoms with Crippen molar-refractivity contribution < 1.29 is 18.9 Å². The second kappa shape index (κ2) is 6.51. The predicted octanol–water partition coefficient (Wildman–Crippen LogP) is 2.92. The minimum absolute atomic E-state index is 0.286. The molecule has 7 nitrogen and oxygen atoms in total. The van der Waals surface area contributed by atoms with Gasteiger partial charge in [0.05, 0.1) is 31.4 Å². The van der Waals surface area contributed by atoms with E-state index in [0.29, 0.717) is 11.5 Å². The van der Waals surface area contributed by atoms with Gasteiger partial charge >= 0.3 is 0 Å². The number of nitrogens with zero attached hydrogens (tertiary/aromatic N) is 3. The lowest BCUT2D eigenvalue weighted by atomic mass is 10.1. The Labute approximate surface area is 150 Å². The Morgan fingerprint density at radius 2 is 2.00 bits per heavy atom. The Hall–Kier alpha value is -2.35. The quantitative estimate of drug-likeness (QED) is 0.811. The van der Waals surface area contributed by atoms with Crippen molar-refractivity contribution in [3.63, 3.8) is 0 Å². The van der Waals surface area contributed by atoms with E-state index in [1.807, 2.05) is 13.3 Å². The van der Waals surface area contributed by atoms with Gasteiger partial charge in [-0.3, -0.25) is 8.96 Å². The Kier molecular flexibility index (Phi) is 4.20. The molecular weight excluding hydrogens is 342 g/mol. The van der Waals surface area contributed by atoms with E-state index in [1.54, 1.807) is 32.4 Å². The normalized spacial score (nSPS) is 15.3. The van der Waals surface area contributed by atoms with Crippen LogP contribution in [0, 0.1) is 6.92 Å². The van der Waals surface area contributed by atoms with Crippen LogP contribution in [0.1, 0.15) is 29.1 Å². The van der Waals surface area contributed by atoms with E-state index in [1.165, 1.54) is 0 Å². The first kappa shape index (κ1) is 16.1. The van der Waals surface area contributed by atoms with Gasteiger partial charge in [-0.25, -0.2) is 4.98 Å². The van der Waals surface area contributed by atoms with Crippen molar-refractivity contribution in [1.82, 2.24) is 13.9 Å². The summed E-state index contributed by atoms with van der Waals surface area (Å²) < 4.78 is 24.1. The van der Waals surface area contributed by atoms with Gasteiger partial charge in [0, 0.05) is 18.2 Å². The van der Waals surface area contributed by atoms with E-state index < -0.39 is 0 Å². The fraction of sp³-hybridized carbons (Fsp3) is 0.412. The first-order chi connectivity index (χ1) is 12.2. The fourth-order valence-corrected chi connectivity index (χ4v) is 4.03. The van der Waals surface area contributed by atoms with Crippen LogP contribution in [0.25, 0.3) is 5.76 Å². The Morgan fingerprint density at radius 1 is 1.16 bits per heavy atom. The molecule has 0 saturated heterocycles. The third kappa shape index (κ3) is 2.70. The van der Waals surface area contributed by atoms with Crippen LogP contribution < -0.4 is 9.47 Å². The van der Waals surface area contributed by atoms with Gasteiger partial charge in [-0.15, -0.1) is 0 Å². The van der Waals surface area contributed by atoms with Crippen LogP contribution in [0.3, 0.4) is 0 Å². The molecule has 0 spiro atoms. The number of allylic oxidation sites excluding steroid dienone is 1. The highest BCUT2D eigenvalue weighted by molar-refractivity contribution is 7.97. The van der Waals surface area contributed by atoms with Crippen molar-refractivity contribution in [2.45, 2.75) is 25.5 Å². The molecule has 0 unspecified atom stereocenters. The van der Waals surface area contributed by atoms with E-state index in [2.05, 4.69) is 13.9 Å². The molecule has 3 heterocycles. The maximum Gasteiger partial charge on any atom is 0.230 e. The number of methoxy groups -OCH3 is 2. The summed E-state index contributed by atoms with van der Waals surface area (Å²) in [6.07, 6.45) is 5.35. The van der Waals surface area contributed by atoms with Crippen LogP contribution >= 0.6 is 11.9 Å². The molecule has 8 heteroatoms. The van der Waals surface area contributed by atoms with Crippen molar-refractivity contribution in [3.8, 4) is 11.5 Å². The maximum absolute atomic E-state index is 5.56. The van der Waals surface area contributed by atoms with Gasteiger partial charge in [-0.05, 0) is 25.3 Å². The van der Waals surface area contributed by atoms with Gasteiger partial charge in [0.25, 0.3) is 0 Å². The molecule has 132 valence electrons. The summed E-state index contributed by atoms with van der Waals surface area (Å²) in [5.41, 5.74) is 3.82. The fourth-order valence-electron chi connectivity index (χ4n) is 3.11. The summed E-state index contributed by atoms with van der Waals surface area (Å²) in [5.74, 6) is 3.75. The molecule has 0 N–H and O–H groups in total. The van der Waals surface area contributed by atoms with E-state index in [9.17, 15) is 0 Å². The zero-order valence-corrected chi connectivity index (χ0v) is 15.2. The number of hydrogen-bond acceptors (Lipinski definition) is 7. The van der Waals surface area contributed by atoms with Crippen LogP contribution in [0.5, 0.6) is 11.5 Å². The van der Waals surface area contributed by atoms with Crippen molar-refractivity contribution in [2.75, 3.05) is 21.0 Å². The molecule has 25 heavy (non-hydrogen) atoms. The number of hydrogen-bond donors (Lipinski definition) is 0. The summed E-state index contributed by atoms with van der Waals surface area (Å²) >= 11 is 1.62. The third-order valence-corrected chi connectivity index (χ3v) is 5.31. The lowest BCUT2D eigenvalue weighted by molar-refractivity contribution is 0.0851. The van der Waals surface area contributed by atoms with Crippen molar-refractivity contribution in [3.05, 3.63) is 40.9 Å². The molecule has 0 radical (unpaired) electrons. The van der Waals surface area contributed by atoms with Crippen LogP contribution in [-0.4, -0.2) is 35.0 Å². The number of aromatic nitrogens is 3. The molecule has 2 aromatic heterocycles. The second-order valence-corrected chi connectivity index (χ2v) is 6.69. The number of pyridine rings is 1. The lowest BCUT2D eigenvalue weighted by Gasteiger charge is -2.15. The van der Waals surface area contributed by atoms with Gasteiger partial charge in [0.2, 0.25) is 6.79 Å². The predicted molar refractivity (Wildman–Crippen MR) is 93.3 cm³/mol. The van der Waals surface area contributed by atoms with Crippen molar-refractivity contribution in [1.29, 1.82) is 0 Å². The number of imidazole rings is 1.